The fourth-order valence-corrected chi connectivity index (χ4v) is 2.63. The first-order valence-electron chi connectivity index (χ1n) is 7.50. The van der Waals surface area contributed by atoms with Crippen molar-refractivity contribution >= 4 is 5.91 Å². The smallest absolute Gasteiger partial charge is 0.236 e. The number of benzene rings is 1. The van der Waals surface area contributed by atoms with Crippen LogP contribution in [0.4, 0.5) is 0 Å². The van der Waals surface area contributed by atoms with Crippen LogP contribution in [-0.2, 0) is 11.2 Å². The fourth-order valence-electron chi connectivity index (χ4n) is 2.63. The summed E-state index contributed by atoms with van der Waals surface area (Å²) in [5, 5.41) is 10.3. The van der Waals surface area contributed by atoms with Crippen molar-refractivity contribution in [2.24, 2.45) is 5.73 Å². The predicted octanol–water partition coefficient (Wildman–Crippen LogP) is 0.0814. The minimum absolute atomic E-state index is 0.108. The number of β-amino-alcohol motifs (C(OH)–C–C–N with tert-alkyl or cyclic N) is 1. The molecule has 0 bridgehead atoms. The van der Waals surface area contributed by atoms with Crippen LogP contribution in [0.3, 0.4) is 0 Å². The molecule has 2 atom stereocenters. The van der Waals surface area contributed by atoms with Crippen LogP contribution in [0.15, 0.2) is 30.3 Å². The monoisotopic (exact) mass is 291 g/mol. The zero-order valence-electron chi connectivity index (χ0n) is 12.6. The molecule has 2 unspecified atom stereocenters. The number of rotatable bonds is 5. The van der Waals surface area contributed by atoms with Crippen LogP contribution in [0.2, 0.25) is 0 Å². The molecule has 5 heteroatoms. The van der Waals surface area contributed by atoms with Gasteiger partial charge in [-0.3, -0.25) is 9.69 Å². The van der Waals surface area contributed by atoms with Crippen molar-refractivity contribution in [1.82, 2.24) is 9.80 Å². The van der Waals surface area contributed by atoms with Crippen LogP contribution in [0.5, 0.6) is 0 Å². The molecule has 116 valence electrons. The van der Waals surface area contributed by atoms with E-state index in [0.717, 1.165) is 25.1 Å². The number of carbonyl (C=O) groups is 1. The Morgan fingerprint density at radius 1 is 1.29 bits per heavy atom. The molecule has 1 aliphatic rings. The van der Waals surface area contributed by atoms with Gasteiger partial charge in [0, 0.05) is 32.7 Å². The minimum Gasteiger partial charge on any atom is -0.390 e. The van der Waals surface area contributed by atoms with E-state index in [1.165, 1.54) is 0 Å². The third-order valence-electron chi connectivity index (χ3n) is 4.01. The molecule has 1 aromatic rings. The molecule has 21 heavy (non-hydrogen) atoms. The Bertz CT molecular complexity index is 452. The normalized spacial score (nSPS) is 20.1. The lowest BCUT2D eigenvalue weighted by molar-refractivity contribution is -0.130. The molecule has 5 nitrogen and oxygen atoms in total. The molecule has 0 aliphatic carbocycles. The Balaban J connectivity index is 1.85. The number of nitrogens with zero attached hydrogens (tertiary/aromatic N) is 2. The van der Waals surface area contributed by atoms with Gasteiger partial charge in [-0.1, -0.05) is 30.3 Å². The molecule has 1 aromatic carbocycles. The molecule has 0 saturated carbocycles. The average Bonchev–Trinajstić information content (AvgIpc) is 2.62. The van der Waals surface area contributed by atoms with Gasteiger partial charge in [-0.2, -0.15) is 0 Å². The first-order valence-corrected chi connectivity index (χ1v) is 7.50. The van der Waals surface area contributed by atoms with Crippen LogP contribution in [0.25, 0.3) is 0 Å². The zero-order valence-corrected chi connectivity index (χ0v) is 12.6. The number of amides is 1. The SMILES string of the molecule is CN1CCCN(CC(O)C(N)Cc2ccccc2)CC1=O. The summed E-state index contributed by atoms with van der Waals surface area (Å²) in [6, 6.07) is 9.61. The number of hydrogen-bond acceptors (Lipinski definition) is 4. The highest BCUT2D eigenvalue weighted by molar-refractivity contribution is 5.78. The molecule has 1 fully saturated rings. The van der Waals surface area contributed by atoms with Gasteiger partial charge in [0.2, 0.25) is 5.91 Å². The van der Waals surface area contributed by atoms with Crippen LogP contribution in [0.1, 0.15) is 12.0 Å². The van der Waals surface area contributed by atoms with Gasteiger partial charge >= 0.3 is 0 Å². The lowest BCUT2D eigenvalue weighted by Gasteiger charge is -2.26. The van der Waals surface area contributed by atoms with Gasteiger partial charge in [-0.15, -0.1) is 0 Å². The number of carbonyl (C=O) groups excluding carboxylic acids is 1. The van der Waals surface area contributed by atoms with Gasteiger partial charge in [0.25, 0.3) is 0 Å². The Morgan fingerprint density at radius 2 is 2.00 bits per heavy atom. The summed E-state index contributed by atoms with van der Waals surface area (Å²) < 4.78 is 0. The lowest BCUT2D eigenvalue weighted by atomic mass is 10.0. The maximum absolute atomic E-state index is 11.8. The van der Waals surface area contributed by atoms with Crippen molar-refractivity contribution in [3.05, 3.63) is 35.9 Å². The zero-order chi connectivity index (χ0) is 15.2. The highest BCUT2D eigenvalue weighted by atomic mass is 16.3. The maximum atomic E-state index is 11.8. The fraction of sp³-hybridized carbons (Fsp3) is 0.562. The van der Waals surface area contributed by atoms with E-state index in [9.17, 15) is 9.90 Å². The summed E-state index contributed by atoms with van der Waals surface area (Å²) in [5.41, 5.74) is 7.22. The van der Waals surface area contributed by atoms with Crippen LogP contribution < -0.4 is 5.73 Å². The Kier molecular flexibility index (Phi) is 5.73. The third kappa shape index (κ3) is 4.81. The van der Waals surface area contributed by atoms with Gasteiger partial charge in [-0.05, 0) is 18.4 Å². The van der Waals surface area contributed by atoms with Crippen molar-refractivity contribution < 1.29 is 9.90 Å². The van der Waals surface area contributed by atoms with E-state index in [4.69, 9.17) is 5.73 Å². The maximum Gasteiger partial charge on any atom is 0.236 e. The van der Waals surface area contributed by atoms with E-state index >= 15 is 0 Å². The van der Waals surface area contributed by atoms with Crippen molar-refractivity contribution in [2.75, 3.05) is 33.2 Å². The summed E-state index contributed by atoms with van der Waals surface area (Å²) in [6.07, 6.45) is 0.952. The molecule has 0 radical (unpaired) electrons. The third-order valence-corrected chi connectivity index (χ3v) is 4.01. The van der Waals surface area contributed by atoms with Crippen molar-refractivity contribution in [3.8, 4) is 0 Å². The minimum atomic E-state index is -0.624. The lowest BCUT2D eigenvalue weighted by Crippen LogP contribution is -2.46. The van der Waals surface area contributed by atoms with E-state index in [2.05, 4.69) is 0 Å². The molecule has 3 N–H and O–H groups in total. The summed E-state index contributed by atoms with van der Waals surface area (Å²) >= 11 is 0. The Labute approximate surface area is 126 Å². The van der Waals surface area contributed by atoms with Crippen molar-refractivity contribution in [3.63, 3.8) is 0 Å². The van der Waals surface area contributed by atoms with Gasteiger partial charge in [-0.25, -0.2) is 0 Å². The van der Waals surface area contributed by atoms with Gasteiger partial charge < -0.3 is 15.7 Å². The summed E-state index contributed by atoms with van der Waals surface area (Å²) in [5.74, 6) is 0.108. The predicted molar refractivity (Wildman–Crippen MR) is 82.8 cm³/mol. The van der Waals surface area contributed by atoms with E-state index < -0.39 is 6.10 Å². The molecule has 1 amide bonds. The van der Waals surface area contributed by atoms with Crippen molar-refractivity contribution in [2.45, 2.75) is 25.0 Å². The van der Waals surface area contributed by atoms with E-state index in [1.807, 2.05) is 42.3 Å². The number of aliphatic hydroxyl groups excluding tert-OH is 1. The molecule has 1 heterocycles. The molecular formula is C16H25N3O2. The Hall–Kier alpha value is -1.43. The van der Waals surface area contributed by atoms with E-state index in [-0.39, 0.29) is 11.9 Å². The second-order valence-electron chi connectivity index (χ2n) is 5.82. The van der Waals surface area contributed by atoms with Crippen LogP contribution in [0, 0.1) is 0 Å². The van der Waals surface area contributed by atoms with Crippen LogP contribution >= 0.6 is 0 Å². The van der Waals surface area contributed by atoms with Gasteiger partial charge in [0.05, 0.1) is 12.6 Å². The van der Waals surface area contributed by atoms with Crippen LogP contribution in [-0.4, -0.2) is 66.2 Å². The number of likely N-dealkylation sites (N-methyl/N-ethyl adjacent to an activating group) is 1. The quantitative estimate of drug-likeness (QED) is 0.806. The number of aliphatic hydroxyl groups is 1. The van der Waals surface area contributed by atoms with Gasteiger partial charge in [0.15, 0.2) is 0 Å². The molecule has 0 spiro atoms. The summed E-state index contributed by atoms with van der Waals surface area (Å²) in [7, 11) is 1.82. The molecule has 2 rings (SSSR count). The first kappa shape index (κ1) is 15.9. The Morgan fingerprint density at radius 3 is 2.71 bits per heavy atom. The highest BCUT2D eigenvalue weighted by Crippen LogP contribution is 2.08. The molecule has 1 saturated heterocycles. The van der Waals surface area contributed by atoms with Gasteiger partial charge in [0.1, 0.15) is 0 Å². The van der Waals surface area contributed by atoms with Crippen molar-refractivity contribution in [1.29, 1.82) is 0 Å². The standard InChI is InChI=1S/C16H25N3O2/c1-18-8-5-9-19(12-16(18)21)11-15(20)14(17)10-13-6-3-2-4-7-13/h2-4,6-7,14-15,20H,5,8-12,17H2,1H3. The second kappa shape index (κ2) is 7.54. The largest absolute Gasteiger partial charge is 0.390 e. The topological polar surface area (TPSA) is 69.8 Å². The number of hydrogen-bond donors (Lipinski definition) is 2. The second-order valence-corrected chi connectivity index (χ2v) is 5.82. The van der Waals surface area contributed by atoms with E-state index in [1.54, 1.807) is 4.90 Å². The summed E-state index contributed by atoms with van der Waals surface area (Å²) in [4.78, 5) is 15.6. The summed E-state index contributed by atoms with van der Waals surface area (Å²) in [6.45, 7) is 2.42. The van der Waals surface area contributed by atoms with E-state index in [0.29, 0.717) is 19.5 Å². The molecular weight excluding hydrogens is 266 g/mol. The molecule has 0 aromatic heterocycles. The first-order chi connectivity index (χ1) is 10.1. The average molecular weight is 291 g/mol. The number of nitrogens with two attached hydrogens (primary N) is 1. The highest BCUT2D eigenvalue weighted by Gasteiger charge is 2.23. The molecule has 1 aliphatic heterocycles.